The zero-order chi connectivity index (χ0) is 16.6. The van der Waals surface area contributed by atoms with Gasteiger partial charge >= 0.3 is 5.97 Å². The molecule has 0 aliphatic carbocycles. The van der Waals surface area contributed by atoms with Gasteiger partial charge in [0.05, 0.1) is 0 Å². The third kappa shape index (κ3) is 2.62. The molecule has 2 N–H and O–H groups in total. The molecule has 1 heterocycles. The van der Waals surface area contributed by atoms with Crippen molar-refractivity contribution in [1.82, 2.24) is 0 Å². The molecule has 0 bridgehead atoms. The number of esters is 1. The number of hydrogen-bond donors (Lipinski definition) is 2. The Morgan fingerprint density at radius 3 is 2.48 bits per heavy atom. The van der Waals surface area contributed by atoms with Gasteiger partial charge in [-0.05, 0) is 0 Å². The highest BCUT2D eigenvalue weighted by Gasteiger charge is 2.21. The second-order valence-electron chi connectivity index (χ2n) is 4.89. The summed E-state index contributed by atoms with van der Waals surface area (Å²) in [7, 11) is 0. The van der Waals surface area contributed by atoms with E-state index < -0.39 is 17.1 Å². The van der Waals surface area contributed by atoms with Gasteiger partial charge in [0.15, 0.2) is 5.76 Å². The SMILES string of the molecule is CC(=O)Oc1c(-c2ccccc2)oc2cc(O)cc(O)c2c1=O. The number of phenolic OH excluding ortho intramolecular Hbond substituents is 2. The first kappa shape index (κ1) is 14.6. The van der Waals surface area contributed by atoms with Crippen LogP contribution in [0.5, 0.6) is 17.2 Å². The lowest BCUT2D eigenvalue weighted by Crippen LogP contribution is -2.13. The van der Waals surface area contributed by atoms with Crippen LogP contribution in [0.25, 0.3) is 22.3 Å². The zero-order valence-corrected chi connectivity index (χ0v) is 12.1. The predicted molar refractivity (Wildman–Crippen MR) is 82.6 cm³/mol. The highest BCUT2D eigenvalue weighted by Crippen LogP contribution is 2.35. The fourth-order valence-electron chi connectivity index (χ4n) is 2.28. The fraction of sp³-hybridized carbons (Fsp3) is 0.0588. The fourth-order valence-corrected chi connectivity index (χ4v) is 2.28. The largest absolute Gasteiger partial charge is 0.508 e. The van der Waals surface area contributed by atoms with Crippen LogP contribution in [0.3, 0.4) is 0 Å². The summed E-state index contributed by atoms with van der Waals surface area (Å²) >= 11 is 0. The van der Waals surface area contributed by atoms with Crippen LogP contribution < -0.4 is 10.2 Å². The van der Waals surface area contributed by atoms with Crippen molar-refractivity contribution in [2.24, 2.45) is 0 Å². The molecule has 0 atom stereocenters. The Labute approximate surface area is 130 Å². The maximum absolute atomic E-state index is 12.6. The van der Waals surface area contributed by atoms with Crippen LogP contribution in [-0.4, -0.2) is 16.2 Å². The standard InChI is InChI=1S/C17H12O6/c1-9(18)22-17-15(21)14-12(20)7-11(19)8-13(14)23-16(17)10-5-3-2-4-6-10/h2-8,19-20H,1H3. The third-order valence-corrected chi connectivity index (χ3v) is 3.20. The van der Waals surface area contributed by atoms with E-state index in [1.54, 1.807) is 30.3 Å². The van der Waals surface area contributed by atoms with Crippen molar-refractivity contribution in [2.75, 3.05) is 0 Å². The average molecular weight is 312 g/mol. The quantitative estimate of drug-likeness (QED) is 0.706. The predicted octanol–water partition coefficient (Wildman–Crippen LogP) is 2.80. The Morgan fingerprint density at radius 1 is 1.13 bits per heavy atom. The van der Waals surface area contributed by atoms with Crippen LogP contribution in [0, 0.1) is 0 Å². The maximum atomic E-state index is 12.6. The van der Waals surface area contributed by atoms with Crippen molar-refractivity contribution in [1.29, 1.82) is 0 Å². The molecule has 0 fully saturated rings. The summed E-state index contributed by atoms with van der Waals surface area (Å²) < 4.78 is 10.6. The summed E-state index contributed by atoms with van der Waals surface area (Å²) in [6.45, 7) is 1.16. The molecule has 1 aromatic heterocycles. The molecule has 0 saturated heterocycles. The van der Waals surface area contributed by atoms with Crippen LogP contribution in [0.1, 0.15) is 6.92 Å². The Bertz CT molecular complexity index is 956. The smallest absolute Gasteiger partial charge is 0.308 e. The summed E-state index contributed by atoms with van der Waals surface area (Å²) in [4.78, 5) is 23.9. The molecule has 6 heteroatoms. The first-order chi connectivity index (χ1) is 11.0. The van der Waals surface area contributed by atoms with E-state index in [1.165, 1.54) is 6.07 Å². The molecule has 0 unspecified atom stereocenters. The number of carbonyl (C=O) groups is 1. The van der Waals surface area contributed by atoms with Gasteiger partial charge in [0.25, 0.3) is 0 Å². The summed E-state index contributed by atoms with van der Waals surface area (Å²) in [6.07, 6.45) is 0. The molecule has 3 aromatic rings. The minimum atomic E-state index is -0.696. The highest BCUT2D eigenvalue weighted by molar-refractivity contribution is 5.89. The molecular formula is C17H12O6. The molecule has 0 spiro atoms. The normalized spacial score (nSPS) is 10.7. The van der Waals surface area contributed by atoms with E-state index in [1.807, 2.05) is 0 Å². The van der Waals surface area contributed by atoms with Crippen molar-refractivity contribution >= 4 is 16.9 Å². The molecule has 23 heavy (non-hydrogen) atoms. The van der Waals surface area contributed by atoms with Gasteiger partial charge in [-0.15, -0.1) is 0 Å². The van der Waals surface area contributed by atoms with Crippen LogP contribution >= 0.6 is 0 Å². The first-order valence-corrected chi connectivity index (χ1v) is 6.74. The highest BCUT2D eigenvalue weighted by atomic mass is 16.5. The van der Waals surface area contributed by atoms with Crippen LogP contribution in [-0.2, 0) is 4.79 Å². The third-order valence-electron chi connectivity index (χ3n) is 3.20. The van der Waals surface area contributed by atoms with Crippen LogP contribution in [0.4, 0.5) is 0 Å². The van der Waals surface area contributed by atoms with Crippen molar-refractivity contribution in [2.45, 2.75) is 6.92 Å². The second-order valence-corrected chi connectivity index (χ2v) is 4.89. The molecule has 0 aliphatic rings. The molecular weight excluding hydrogens is 300 g/mol. The number of fused-ring (bicyclic) bond motifs is 1. The van der Waals surface area contributed by atoms with Gasteiger partial charge in [-0.25, -0.2) is 0 Å². The maximum Gasteiger partial charge on any atom is 0.308 e. The van der Waals surface area contributed by atoms with Gasteiger partial charge in [0, 0.05) is 24.6 Å². The number of aromatic hydroxyl groups is 2. The summed E-state index contributed by atoms with van der Waals surface area (Å²) in [5.41, 5.74) is -0.189. The lowest BCUT2D eigenvalue weighted by molar-refractivity contribution is -0.132. The van der Waals surface area contributed by atoms with Gasteiger partial charge in [-0.1, -0.05) is 30.3 Å². The molecule has 2 aromatic carbocycles. The Kier molecular flexibility index (Phi) is 3.50. The van der Waals surface area contributed by atoms with E-state index in [-0.39, 0.29) is 28.2 Å². The van der Waals surface area contributed by atoms with E-state index >= 15 is 0 Å². The molecule has 116 valence electrons. The van der Waals surface area contributed by atoms with E-state index in [0.717, 1.165) is 13.0 Å². The van der Waals surface area contributed by atoms with E-state index in [2.05, 4.69) is 0 Å². The van der Waals surface area contributed by atoms with E-state index in [9.17, 15) is 19.8 Å². The topological polar surface area (TPSA) is 97.0 Å². The minimum Gasteiger partial charge on any atom is -0.508 e. The van der Waals surface area contributed by atoms with Gasteiger partial charge < -0.3 is 19.4 Å². The van der Waals surface area contributed by atoms with Crippen molar-refractivity contribution in [3.63, 3.8) is 0 Å². The number of benzene rings is 2. The average Bonchev–Trinajstić information content (AvgIpc) is 2.49. The van der Waals surface area contributed by atoms with Crippen molar-refractivity contribution < 1.29 is 24.2 Å². The van der Waals surface area contributed by atoms with E-state index in [4.69, 9.17) is 9.15 Å². The van der Waals surface area contributed by atoms with Gasteiger partial charge in [0.1, 0.15) is 22.5 Å². The Morgan fingerprint density at radius 2 is 1.83 bits per heavy atom. The van der Waals surface area contributed by atoms with Crippen molar-refractivity contribution in [3.8, 4) is 28.6 Å². The van der Waals surface area contributed by atoms with Gasteiger partial charge in [-0.2, -0.15) is 0 Å². The molecule has 0 saturated carbocycles. The minimum absolute atomic E-state index is 0.0118. The van der Waals surface area contributed by atoms with Crippen molar-refractivity contribution in [3.05, 3.63) is 52.7 Å². The van der Waals surface area contributed by atoms with Gasteiger partial charge in [-0.3, -0.25) is 9.59 Å². The number of hydrogen-bond acceptors (Lipinski definition) is 6. The number of carbonyl (C=O) groups excluding carboxylic acids is 1. The number of rotatable bonds is 2. The molecule has 0 amide bonds. The number of ether oxygens (including phenoxy) is 1. The Balaban J connectivity index is 2.42. The molecule has 3 rings (SSSR count). The van der Waals surface area contributed by atoms with E-state index in [0.29, 0.717) is 5.56 Å². The molecule has 6 nitrogen and oxygen atoms in total. The monoisotopic (exact) mass is 312 g/mol. The summed E-state index contributed by atoms with van der Waals surface area (Å²) in [5, 5.41) is 19.3. The van der Waals surface area contributed by atoms with Gasteiger partial charge in [0.2, 0.25) is 11.2 Å². The van der Waals surface area contributed by atoms with Crippen LogP contribution in [0.15, 0.2) is 51.7 Å². The zero-order valence-electron chi connectivity index (χ0n) is 12.1. The second kappa shape index (κ2) is 5.49. The lowest BCUT2D eigenvalue weighted by atomic mass is 10.1. The van der Waals surface area contributed by atoms with Crippen LogP contribution in [0.2, 0.25) is 0 Å². The first-order valence-electron chi connectivity index (χ1n) is 6.74. The number of phenols is 2. The lowest BCUT2D eigenvalue weighted by Gasteiger charge is -2.10. The molecule has 0 radical (unpaired) electrons. The Hall–Kier alpha value is -3.28. The summed E-state index contributed by atoms with van der Waals surface area (Å²) in [5.74, 6) is -1.66. The molecule has 0 aliphatic heterocycles. The summed E-state index contributed by atoms with van der Waals surface area (Å²) in [6, 6.07) is 10.8.